The first kappa shape index (κ1) is 17.4. The molecule has 1 aliphatic rings. The maximum atomic E-state index is 13.2. The van der Waals surface area contributed by atoms with Gasteiger partial charge < -0.3 is 9.64 Å². The number of benzene rings is 1. The largest absolute Gasteiger partial charge is 0.376 e. The van der Waals surface area contributed by atoms with Gasteiger partial charge in [0.2, 0.25) is 0 Å². The summed E-state index contributed by atoms with van der Waals surface area (Å²) in [6, 6.07) is 6.12. The third kappa shape index (κ3) is 4.30. The fourth-order valence-electron chi connectivity index (χ4n) is 2.72. The molecule has 0 bridgehead atoms. The molecule has 1 fully saturated rings. The normalized spacial score (nSPS) is 19.7. The van der Waals surface area contributed by atoms with Gasteiger partial charge in [-0.2, -0.15) is 0 Å². The van der Waals surface area contributed by atoms with Crippen molar-refractivity contribution in [3.63, 3.8) is 0 Å². The second-order valence-electron chi connectivity index (χ2n) is 5.52. The molecule has 0 saturated carbocycles. The van der Waals surface area contributed by atoms with Gasteiger partial charge in [-0.25, -0.2) is 8.78 Å². The Morgan fingerprint density at radius 3 is 2.39 bits per heavy atom. The number of nitrogens with zero attached hydrogens (tertiary/aromatic N) is 4. The van der Waals surface area contributed by atoms with Crippen LogP contribution >= 0.6 is 0 Å². The summed E-state index contributed by atoms with van der Waals surface area (Å²) in [5, 5.41) is 3.41. The number of hydrogen-bond donors (Lipinski definition) is 0. The van der Waals surface area contributed by atoms with Crippen LogP contribution < -0.4 is 4.90 Å². The monoisotopic (exact) mass is 328 g/mol. The lowest BCUT2D eigenvalue weighted by Crippen LogP contribution is -2.39. The summed E-state index contributed by atoms with van der Waals surface area (Å²) in [5.74, 6) is -2.58. The van der Waals surface area contributed by atoms with Crippen molar-refractivity contribution in [3.8, 4) is 0 Å². The van der Waals surface area contributed by atoms with Gasteiger partial charge in [-0.1, -0.05) is 17.2 Å². The highest BCUT2D eigenvalue weighted by molar-refractivity contribution is 5.48. The van der Waals surface area contributed by atoms with Crippen LogP contribution in [0.4, 0.5) is 18.9 Å². The van der Waals surface area contributed by atoms with Crippen molar-refractivity contribution >= 4 is 5.69 Å². The summed E-state index contributed by atoms with van der Waals surface area (Å²) in [5.41, 5.74) is 9.99. The number of azide groups is 1. The molecule has 8 heteroatoms. The lowest BCUT2D eigenvalue weighted by molar-refractivity contribution is -0.0220. The molecule has 2 rings (SSSR count). The summed E-state index contributed by atoms with van der Waals surface area (Å²) in [6.07, 6.45) is -0.998. The molecule has 5 nitrogen and oxygen atoms in total. The summed E-state index contributed by atoms with van der Waals surface area (Å²) in [6.45, 7) is -0.233. The Morgan fingerprint density at radius 2 is 1.91 bits per heavy atom. The average molecular weight is 328 g/mol. The molecule has 0 radical (unpaired) electrons. The van der Waals surface area contributed by atoms with Crippen molar-refractivity contribution in [1.82, 2.24) is 0 Å². The highest BCUT2D eigenvalue weighted by Gasteiger charge is 2.34. The Hall–Kier alpha value is -1.92. The van der Waals surface area contributed by atoms with Crippen LogP contribution in [0.5, 0.6) is 0 Å². The van der Waals surface area contributed by atoms with Crippen molar-refractivity contribution in [2.24, 2.45) is 5.11 Å². The van der Waals surface area contributed by atoms with Gasteiger partial charge in [0.05, 0.1) is 12.1 Å². The summed E-state index contributed by atoms with van der Waals surface area (Å²) >= 11 is 0. The number of hydrogen-bond acceptors (Lipinski definition) is 3. The predicted molar refractivity (Wildman–Crippen MR) is 81.5 cm³/mol. The number of halogens is 3. The molecule has 1 aliphatic heterocycles. The predicted octanol–water partition coefficient (Wildman–Crippen LogP) is 4.26. The van der Waals surface area contributed by atoms with Crippen LogP contribution in [0.2, 0.25) is 0 Å². The van der Waals surface area contributed by atoms with E-state index in [4.69, 9.17) is 10.3 Å². The van der Waals surface area contributed by atoms with Gasteiger partial charge >= 0.3 is 0 Å². The van der Waals surface area contributed by atoms with Crippen LogP contribution in [0.25, 0.3) is 10.4 Å². The third-order valence-corrected chi connectivity index (χ3v) is 4.04. The molecule has 0 spiro atoms. The Balaban J connectivity index is 2.10. The Labute approximate surface area is 132 Å². The van der Waals surface area contributed by atoms with Crippen molar-refractivity contribution in [3.05, 3.63) is 40.3 Å². The summed E-state index contributed by atoms with van der Waals surface area (Å²) in [4.78, 5) is 4.52. The van der Waals surface area contributed by atoms with Gasteiger partial charge in [-0.05, 0) is 23.2 Å². The lowest BCUT2D eigenvalue weighted by Gasteiger charge is -2.33. The zero-order valence-electron chi connectivity index (χ0n) is 12.8. The molecular weight excluding hydrogens is 309 g/mol. The quantitative estimate of drug-likeness (QED) is 0.445. The molecule has 0 unspecified atom stereocenters. The van der Waals surface area contributed by atoms with Gasteiger partial charge in [0, 0.05) is 43.6 Å². The van der Waals surface area contributed by atoms with E-state index >= 15 is 0 Å². The van der Waals surface area contributed by atoms with Gasteiger partial charge in [0.25, 0.3) is 5.92 Å². The van der Waals surface area contributed by atoms with E-state index in [1.54, 1.807) is 24.3 Å². The molecule has 126 valence electrons. The molecule has 0 aromatic heterocycles. The van der Waals surface area contributed by atoms with Crippen LogP contribution in [0.15, 0.2) is 29.4 Å². The van der Waals surface area contributed by atoms with Gasteiger partial charge in [0.1, 0.15) is 6.67 Å². The Bertz CT molecular complexity index is 550. The molecule has 0 amide bonds. The van der Waals surface area contributed by atoms with Crippen LogP contribution in [-0.2, 0) is 4.74 Å². The number of alkyl halides is 3. The fourth-order valence-corrected chi connectivity index (χ4v) is 2.72. The summed E-state index contributed by atoms with van der Waals surface area (Å²) < 4.78 is 44.6. The minimum absolute atomic E-state index is 0.156. The van der Waals surface area contributed by atoms with E-state index < -0.39 is 24.7 Å². The van der Waals surface area contributed by atoms with Gasteiger partial charge in [-0.3, -0.25) is 4.39 Å². The van der Waals surface area contributed by atoms with Crippen molar-refractivity contribution in [2.75, 3.05) is 31.8 Å². The van der Waals surface area contributed by atoms with Crippen LogP contribution in [-0.4, -0.2) is 38.8 Å². The fraction of sp³-hybridized carbons (Fsp3) is 0.600. The van der Waals surface area contributed by atoms with E-state index in [9.17, 15) is 13.2 Å². The molecule has 2 atom stereocenters. The van der Waals surface area contributed by atoms with Crippen LogP contribution in [0.3, 0.4) is 0 Å². The second-order valence-corrected chi connectivity index (χ2v) is 5.52. The number of rotatable bonds is 6. The molecule has 1 heterocycles. The maximum absolute atomic E-state index is 13.2. The zero-order chi connectivity index (χ0) is 16.9. The van der Waals surface area contributed by atoms with E-state index in [1.807, 2.05) is 4.90 Å². The first-order chi connectivity index (χ1) is 11.0. The summed E-state index contributed by atoms with van der Waals surface area (Å²) in [7, 11) is 1.42. The number of ether oxygens (including phenoxy) is 1. The Morgan fingerprint density at radius 1 is 1.30 bits per heavy atom. The van der Waals surface area contributed by atoms with Crippen LogP contribution in [0.1, 0.15) is 24.5 Å². The van der Waals surface area contributed by atoms with Gasteiger partial charge in [-0.15, -0.1) is 0 Å². The first-order valence-corrected chi connectivity index (χ1v) is 7.36. The number of methoxy groups -OCH3 is 1. The smallest absolute Gasteiger partial charge is 0.251 e. The lowest BCUT2D eigenvalue weighted by atomic mass is 10.0. The zero-order valence-corrected chi connectivity index (χ0v) is 12.8. The molecule has 23 heavy (non-hydrogen) atoms. The first-order valence-electron chi connectivity index (χ1n) is 7.36. The van der Waals surface area contributed by atoms with E-state index in [0.717, 1.165) is 5.69 Å². The average Bonchev–Trinajstić information content (AvgIpc) is 2.55. The maximum Gasteiger partial charge on any atom is 0.251 e. The minimum atomic E-state index is -2.58. The standard InChI is InChI=1S/C15H19F3N4O/c1-23-14(13(10-16)20-21-19)11-2-4-12(5-3-11)22-8-6-15(17,18)7-9-22/h2-5,13-14H,6-10H2,1H3/t13-,14-/m1/s1. The highest BCUT2D eigenvalue weighted by Crippen LogP contribution is 2.31. The second kappa shape index (κ2) is 7.57. The van der Waals surface area contributed by atoms with Crippen molar-refractivity contribution in [1.29, 1.82) is 0 Å². The highest BCUT2D eigenvalue weighted by atomic mass is 19.3. The van der Waals surface area contributed by atoms with E-state index in [1.165, 1.54) is 7.11 Å². The Kier molecular flexibility index (Phi) is 5.74. The van der Waals surface area contributed by atoms with Crippen LogP contribution in [0, 0.1) is 0 Å². The minimum Gasteiger partial charge on any atom is -0.376 e. The van der Waals surface area contributed by atoms with E-state index in [2.05, 4.69) is 10.0 Å². The van der Waals surface area contributed by atoms with Crippen molar-refractivity contribution < 1.29 is 17.9 Å². The molecular formula is C15H19F3N4O. The topological polar surface area (TPSA) is 61.2 Å². The van der Waals surface area contributed by atoms with E-state index in [-0.39, 0.29) is 12.8 Å². The molecule has 0 aliphatic carbocycles. The third-order valence-electron chi connectivity index (χ3n) is 4.04. The SMILES string of the molecule is CO[C@H](c1ccc(N2CCC(F)(F)CC2)cc1)[C@@H](CF)N=[N+]=[N-]. The van der Waals surface area contributed by atoms with Gasteiger partial charge in [0.15, 0.2) is 0 Å². The molecule has 1 aromatic rings. The number of piperidine rings is 1. The molecule has 1 aromatic carbocycles. The van der Waals surface area contributed by atoms with Crippen molar-refractivity contribution in [2.45, 2.75) is 30.9 Å². The molecule has 0 N–H and O–H groups in total. The van der Waals surface area contributed by atoms with E-state index in [0.29, 0.717) is 18.7 Å². The number of anilines is 1. The molecule has 1 saturated heterocycles.